The van der Waals surface area contributed by atoms with Crippen LogP contribution in [0.3, 0.4) is 0 Å². The fraction of sp³-hybridized carbons (Fsp3) is 0.667. The van der Waals surface area contributed by atoms with Gasteiger partial charge in [-0.25, -0.2) is 14.6 Å². The Bertz CT molecular complexity index is 882. The first-order chi connectivity index (χ1) is 17.0. The van der Waals surface area contributed by atoms with Crippen LogP contribution in [0.4, 0.5) is 4.79 Å². The molecule has 3 rings (SSSR count). The maximum Gasteiger partial charge on any atom is 0.410 e. The van der Waals surface area contributed by atoms with E-state index in [-0.39, 0.29) is 18.4 Å². The lowest BCUT2D eigenvalue weighted by Gasteiger charge is -2.40. The van der Waals surface area contributed by atoms with Gasteiger partial charge >= 0.3 is 12.1 Å². The maximum atomic E-state index is 12.6. The second-order valence-electron chi connectivity index (χ2n) is 10.8. The molecule has 2 saturated heterocycles. The standard InChI is InChI=1S/C27H41N3O6/c1-5-23(25(32)33)35-22-8-6-19(7-9-22)18-24(31)28-30-16-12-21(13-17-30)20-10-14-29(15-11-20)26(34)36-27(2,3)4/h6-9,20-21,23H,5,10-18H2,1-4H3,(H,28,31)(H,32,33). The lowest BCUT2D eigenvalue weighted by molar-refractivity contribution is -0.145. The molecule has 2 heterocycles. The van der Waals surface area contributed by atoms with Crippen molar-refractivity contribution in [1.29, 1.82) is 0 Å². The molecule has 1 aromatic carbocycles. The number of carbonyl (C=O) groups excluding carboxylic acids is 2. The number of carbonyl (C=O) groups is 3. The highest BCUT2D eigenvalue weighted by atomic mass is 16.6. The van der Waals surface area contributed by atoms with Crippen molar-refractivity contribution in [3.63, 3.8) is 0 Å². The third-order valence-corrected chi connectivity index (χ3v) is 6.89. The predicted octanol–water partition coefficient (Wildman–Crippen LogP) is 3.86. The SMILES string of the molecule is CCC(Oc1ccc(CC(=O)NN2CCC(C3CCN(C(=O)OC(C)(C)C)CC3)CC2)cc1)C(=O)O. The first-order valence-corrected chi connectivity index (χ1v) is 13.0. The molecule has 2 aliphatic rings. The number of hydrogen-bond acceptors (Lipinski definition) is 6. The molecule has 1 unspecified atom stereocenters. The zero-order valence-corrected chi connectivity index (χ0v) is 22.0. The Morgan fingerprint density at radius 2 is 1.56 bits per heavy atom. The van der Waals surface area contributed by atoms with Crippen LogP contribution in [0.25, 0.3) is 0 Å². The van der Waals surface area contributed by atoms with Crippen molar-refractivity contribution < 1.29 is 29.0 Å². The Kier molecular flexibility index (Phi) is 9.59. The van der Waals surface area contributed by atoms with Gasteiger partial charge in [-0.3, -0.25) is 10.2 Å². The number of nitrogens with zero attached hydrogens (tertiary/aromatic N) is 2. The van der Waals surface area contributed by atoms with E-state index in [2.05, 4.69) is 5.43 Å². The highest BCUT2D eigenvalue weighted by Crippen LogP contribution is 2.32. The van der Waals surface area contributed by atoms with E-state index >= 15 is 0 Å². The Hall–Kier alpha value is -2.81. The van der Waals surface area contributed by atoms with Gasteiger partial charge in [0, 0.05) is 26.2 Å². The molecule has 0 saturated carbocycles. The fourth-order valence-corrected chi connectivity index (χ4v) is 4.92. The van der Waals surface area contributed by atoms with E-state index < -0.39 is 17.7 Å². The van der Waals surface area contributed by atoms with Crippen LogP contribution < -0.4 is 10.2 Å². The zero-order chi connectivity index (χ0) is 26.3. The van der Waals surface area contributed by atoms with E-state index in [0.717, 1.165) is 57.4 Å². The molecule has 9 heteroatoms. The Balaban J connectivity index is 1.37. The molecule has 200 valence electrons. The van der Waals surface area contributed by atoms with Crippen LogP contribution >= 0.6 is 0 Å². The average molecular weight is 504 g/mol. The van der Waals surface area contributed by atoms with Crippen LogP contribution in [0.2, 0.25) is 0 Å². The smallest absolute Gasteiger partial charge is 0.410 e. The van der Waals surface area contributed by atoms with Gasteiger partial charge in [-0.15, -0.1) is 0 Å². The molecule has 0 aliphatic carbocycles. The number of piperidine rings is 2. The molecule has 9 nitrogen and oxygen atoms in total. The molecular formula is C27H41N3O6. The summed E-state index contributed by atoms with van der Waals surface area (Å²) in [7, 11) is 0. The summed E-state index contributed by atoms with van der Waals surface area (Å²) in [5.41, 5.74) is 3.39. The maximum absolute atomic E-state index is 12.6. The van der Waals surface area contributed by atoms with Crippen LogP contribution in [0.15, 0.2) is 24.3 Å². The summed E-state index contributed by atoms with van der Waals surface area (Å²) in [6.07, 6.45) is 3.60. The molecule has 2 fully saturated rings. The van der Waals surface area contributed by atoms with Gasteiger partial charge in [0.2, 0.25) is 5.91 Å². The number of aliphatic carboxylic acids is 1. The van der Waals surface area contributed by atoms with Crippen molar-refractivity contribution in [3.8, 4) is 5.75 Å². The number of rotatable bonds is 8. The van der Waals surface area contributed by atoms with Gasteiger partial charge in [-0.05, 0) is 82.4 Å². The number of likely N-dealkylation sites (tertiary alicyclic amines) is 1. The number of hydrazine groups is 1. The number of carboxylic acids is 1. The van der Waals surface area contributed by atoms with Crippen molar-refractivity contribution >= 4 is 18.0 Å². The van der Waals surface area contributed by atoms with Gasteiger partial charge in [0.25, 0.3) is 0 Å². The van der Waals surface area contributed by atoms with Crippen LogP contribution in [0.1, 0.15) is 65.4 Å². The fourth-order valence-electron chi connectivity index (χ4n) is 4.92. The Labute approximate surface area is 214 Å². The normalized spacial score (nSPS) is 18.9. The molecule has 2 aliphatic heterocycles. The molecule has 2 amide bonds. The molecule has 1 atom stereocenters. The summed E-state index contributed by atoms with van der Waals surface area (Å²) in [4.78, 5) is 37.8. The van der Waals surface area contributed by atoms with Crippen molar-refractivity contribution in [2.45, 2.75) is 77.9 Å². The summed E-state index contributed by atoms with van der Waals surface area (Å²) in [6.45, 7) is 10.6. The van der Waals surface area contributed by atoms with Gasteiger partial charge in [0.1, 0.15) is 11.4 Å². The number of benzene rings is 1. The second-order valence-corrected chi connectivity index (χ2v) is 10.8. The summed E-state index contributed by atoms with van der Waals surface area (Å²) in [5, 5.41) is 11.1. The molecule has 1 aromatic rings. The highest BCUT2D eigenvalue weighted by Gasteiger charge is 2.32. The molecule has 2 N–H and O–H groups in total. The first-order valence-electron chi connectivity index (χ1n) is 13.0. The molecular weight excluding hydrogens is 462 g/mol. The Morgan fingerprint density at radius 3 is 2.06 bits per heavy atom. The summed E-state index contributed by atoms with van der Waals surface area (Å²) in [6, 6.07) is 6.99. The van der Waals surface area contributed by atoms with Gasteiger partial charge in [0.05, 0.1) is 6.42 Å². The number of carboxylic acid groups (broad SMARTS) is 1. The lowest BCUT2D eigenvalue weighted by atomic mass is 9.79. The van der Waals surface area contributed by atoms with Crippen LogP contribution in [0, 0.1) is 11.8 Å². The molecule has 0 aromatic heterocycles. The van der Waals surface area contributed by atoms with Crippen molar-refractivity contribution in [1.82, 2.24) is 15.3 Å². The number of hydrogen-bond donors (Lipinski definition) is 2. The van der Waals surface area contributed by atoms with E-state index in [4.69, 9.17) is 14.6 Å². The van der Waals surface area contributed by atoms with E-state index in [1.165, 1.54) is 0 Å². The van der Waals surface area contributed by atoms with E-state index in [0.29, 0.717) is 24.0 Å². The van der Waals surface area contributed by atoms with Crippen LogP contribution in [-0.2, 0) is 20.7 Å². The molecule has 0 bridgehead atoms. The van der Waals surface area contributed by atoms with Crippen molar-refractivity contribution in [2.75, 3.05) is 26.2 Å². The number of nitrogens with one attached hydrogen (secondary N) is 1. The Morgan fingerprint density at radius 1 is 1.00 bits per heavy atom. The molecule has 0 spiro atoms. The van der Waals surface area contributed by atoms with Crippen molar-refractivity contribution in [3.05, 3.63) is 29.8 Å². The number of ether oxygens (including phenoxy) is 2. The van der Waals surface area contributed by atoms with Gasteiger partial charge in [-0.2, -0.15) is 0 Å². The van der Waals surface area contributed by atoms with E-state index in [1.54, 1.807) is 31.2 Å². The third kappa shape index (κ3) is 8.40. The summed E-state index contributed by atoms with van der Waals surface area (Å²) in [5.74, 6) is 0.646. The minimum absolute atomic E-state index is 0.0650. The second kappa shape index (κ2) is 12.4. The molecule has 0 radical (unpaired) electrons. The monoisotopic (exact) mass is 503 g/mol. The summed E-state index contributed by atoms with van der Waals surface area (Å²) >= 11 is 0. The quantitative estimate of drug-likeness (QED) is 0.554. The first kappa shape index (κ1) is 27.8. The zero-order valence-electron chi connectivity index (χ0n) is 22.0. The minimum atomic E-state index is -0.990. The van der Waals surface area contributed by atoms with Crippen LogP contribution in [-0.4, -0.2) is 70.9 Å². The van der Waals surface area contributed by atoms with E-state index in [1.807, 2.05) is 30.7 Å². The largest absolute Gasteiger partial charge is 0.479 e. The minimum Gasteiger partial charge on any atom is -0.479 e. The van der Waals surface area contributed by atoms with Gasteiger partial charge < -0.3 is 19.5 Å². The predicted molar refractivity (Wildman–Crippen MR) is 135 cm³/mol. The van der Waals surface area contributed by atoms with Gasteiger partial charge in [-0.1, -0.05) is 19.1 Å². The highest BCUT2D eigenvalue weighted by molar-refractivity contribution is 5.78. The average Bonchev–Trinajstić information content (AvgIpc) is 2.83. The topological polar surface area (TPSA) is 108 Å². The van der Waals surface area contributed by atoms with Crippen LogP contribution in [0.5, 0.6) is 5.75 Å². The summed E-state index contributed by atoms with van der Waals surface area (Å²) < 4.78 is 11.0. The number of amides is 2. The van der Waals surface area contributed by atoms with Gasteiger partial charge in [0.15, 0.2) is 6.10 Å². The third-order valence-electron chi connectivity index (χ3n) is 6.89. The van der Waals surface area contributed by atoms with E-state index in [9.17, 15) is 14.4 Å². The lowest BCUT2D eigenvalue weighted by Crippen LogP contribution is -2.49. The molecule has 36 heavy (non-hydrogen) atoms. The van der Waals surface area contributed by atoms with Crippen molar-refractivity contribution in [2.24, 2.45) is 11.8 Å².